The second kappa shape index (κ2) is 29.5. The number of hydrogen-bond donors (Lipinski definition) is 5. The Hall–Kier alpha value is -6.61. The predicted octanol–water partition coefficient (Wildman–Crippen LogP) is 6.02. The van der Waals surface area contributed by atoms with Crippen LogP contribution in [0, 0.1) is 18.2 Å². The van der Waals surface area contributed by atoms with E-state index in [1.165, 1.54) is 17.0 Å². The average Bonchev–Trinajstić information content (AvgIpc) is 4.09. The maximum atomic E-state index is 16.1. The molecule has 2 saturated heterocycles. The summed E-state index contributed by atoms with van der Waals surface area (Å²) >= 11 is 1.56. The first-order valence-corrected chi connectivity index (χ1v) is 29.0. The van der Waals surface area contributed by atoms with E-state index < -0.39 is 75.9 Å². The summed E-state index contributed by atoms with van der Waals surface area (Å²) in [6, 6.07) is 8.99. The first-order valence-electron chi connectivity index (χ1n) is 28.1. The molecule has 3 aliphatic rings. The quantitative estimate of drug-likeness (QED) is 0.0377. The fraction of sp³-hybridized carbons (Fsp3) is 0.542. The van der Waals surface area contributed by atoms with Gasteiger partial charge in [0, 0.05) is 82.0 Å². The number of aliphatic hydroxyl groups is 1. The monoisotopic (exact) mass is 1200 g/mol. The number of anilines is 2. The molecule has 5 amide bonds. The topological polar surface area (TPSA) is 237 Å². The molecule has 5 atom stereocenters. The number of β-amino-alcohol motifs (C(OH)–C–C–N with tert-alkyl or cyclic N) is 1. The summed E-state index contributed by atoms with van der Waals surface area (Å²) in [5.41, 5.74) is 1.78. The number of hydrogen-bond acceptors (Lipinski definition) is 15. The van der Waals surface area contributed by atoms with Crippen molar-refractivity contribution in [1.82, 2.24) is 35.3 Å². The summed E-state index contributed by atoms with van der Waals surface area (Å²) in [5.74, 6) is -3.17. The second-order valence-corrected chi connectivity index (χ2v) is 23.3. The summed E-state index contributed by atoms with van der Waals surface area (Å²) in [7, 11) is 1.97. The number of aromatic nitrogens is 2. The number of aryl methyl sites for hydroxylation is 1. The Morgan fingerprint density at radius 3 is 2.10 bits per heavy atom. The van der Waals surface area contributed by atoms with E-state index in [0.29, 0.717) is 36.6 Å². The number of carbonyl (C=O) groups is 5. The van der Waals surface area contributed by atoms with Gasteiger partial charge < -0.3 is 59.7 Å². The summed E-state index contributed by atoms with van der Waals surface area (Å²) in [4.78, 5) is 93.5. The molecule has 2 fully saturated rings. The molecule has 0 aliphatic carbocycles. The third-order valence-corrected chi connectivity index (χ3v) is 16.2. The normalized spacial score (nSPS) is 19.0. The van der Waals surface area contributed by atoms with Crippen molar-refractivity contribution >= 4 is 57.8 Å². The van der Waals surface area contributed by atoms with Gasteiger partial charge in [0.25, 0.3) is 5.91 Å². The zero-order chi connectivity index (χ0) is 60.9. The highest BCUT2D eigenvalue weighted by Crippen LogP contribution is 2.38. The molecule has 25 heteroatoms. The standard InChI is InChI=1S/C59H77F4N9O11S/c1-36-32-71(33-37(2)69(36)7)48-29-46(60)43(27-47(48)67-55(77)44-31-64-51(75)28-45(44)59(61,62)63)40-12-16-70(17-13-40)52(76)15-19-81-21-23-83-25-24-82-22-20-80-18-14-50(74)68-54(58(4,5)6)57(79)72-34-42(73)26-49(72)56(78)65-30-39-8-10-41(11-9-39)53-38(3)66-35-84-53/h8-12,27-29,31,35-37,42,49,54,73H,13-26,30,32-34H2,1-7H3,(H,64,75)(H,65,78)(H,67,77)(H,68,74)/t36-,37+,42-,49+,54-/m1/s1. The Kier molecular flexibility index (Phi) is 22.8. The highest BCUT2D eigenvalue weighted by atomic mass is 32.1. The molecule has 0 radical (unpaired) electrons. The Labute approximate surface area is 490 Å². The van der Waals surface area contributed by atoms with E-state index in [0.717, 1.165) is 21.7 Å². The molecular formula is C59H77F4N9O11S. The maximum Gasteiger partial charge on any atom is 0.417 e. The van der Waals surface area contributed by atoms with Gasteiger partial charge in [0.15, 0.2) is 0 Å². The molecule has 84 heavy (non-hydrogen) atoms. The number of halogens is 4. The molecule has 0 unspecified atom stereocenters. The number of amides is 5. The van der Waals surface area contributed by atoms with Gasteiger partial charge in [0.05, 0.1) is 104 Å². The Balaban J connectivity index is 0.765. The fourth-order valence-corrected chi connectivity index (χ4v) is 11.1. The number of alkyl halides is 3. The molecule has 7 rings (SSSR count). The number of aromatic amines is 1. The molecule has 20 nitrogen and oxygen atoms in total. The van der Waals surface area contributed by atoms with E-state index in [2.05, 4.69) is 30.8 Å². The molecule has 5 heterocycles. The summed E-state index contributed by atoms with van der Waals surface area (Å²) in [6.45, 7) is 14.6. The van der Waals surface area contributed by atoms with Crippen LogP contribution < -0.4 is 26.4 Å². The van der Waals surface area contributed by atoms with Crippen molar-refractivity contribution in [2.75, 3.05) is 103 Å². The summed E-state index contributed by atoms with van der Waals surface area (Å²) in [5, 5.41) is 18.9. The molecule has 2 aromatic carbocycles. The number of thiazole rings is 1. The number of pyridine rings is 1. The van der Waals surface area contributed by atoms with E-state index in [1.54, 1.807) is 27.8 Å². The lowest BCUT2D eigenvalue weighted by molar-refractivity contribution is -0.144. The minimum absolute atomic E-state index is 0.0255. The van der Waals surface area contributed by atoms with Crippen LogP contribution in [0.15, 0.2) is 65.0 Å². The van der Waals surface area contributed by atoms with Crippen LogP contribution in [0.1, 0.15) is 93.0 Å². The Bertz CT molecular complexity index is 3010. The van der Waals surface area contributed by atoms with E-state index in [1.807, 2.05) is 77.8 Å². The van der Waals surface area contributed by atoms with Gasteiger partial charge in [-0.15, -0.1) is 11.3 Å². The number of nitrogens with one attached hydrogen (secondary N) is 4. The van der Waals surface area contributed by atoms with Crippen LogP contribution in [0.4, 0.5) is 28.9 Å². The fourth-order valence-electron chi connectivity index (χ4n) is 10.3. The van der Waals surface area contributed by atoms with E-state index >= 15 is 4.39 Å². The van der Waals surface area contributed by atoms with Gasteiger partial charge in [-0.3, -0.25) is 33.7 Å². The number of rotatable bonds is 25. The van der Waals surface area contributed by atoms with Crippen LogP contribution in [0.25, 0.3) is 16.0 Å². The molecule has 3 aliphatic heterocycles. The highest BCUT2D eigenvalue weighted by molar-refractivity contribution is 7.13. The molecule has 0 saturated carbocycles. The van der Waals surface area contributed by atoms with E-state index in [9.17, 15) is 47.0 Å². The number of ether oxygens (including phenoxy) is 4. The van der Waals surface area contributed by atoms with Crippen LogP contribution in [0.5, 0.6) is 0 Å². The SMILES string of the molecule is Cc1ncsc1-c1ccc(CNC(=O)[C@@H]2C[C@@H](O)CN2C(=O)[C@@H](NC(=O)CCOCCOCCOCCOCCC(=O)N2CC=C(c3cc(NC(=O)c4c[nH]c(=O)cc4C(F)(F)F)c(N4C[C@@H](C)N(C)[C@@H](C)C4)cc3F)CC2)C(C)(C)C)cc1. The van der Waals surface area contributed by atoms with Crippen molar-refractivity contribution in [2.45, 2.75) is 110 Å². The third kappa shape index (κ3) is 17.5. The van der Waals surface area contributed by atoms with Gasteiger partial charge in [0.1, 0.15) is 17.9 Å². The number of benzene rings is 2. The lowest BCUT2D eigenvalue weighted by Gasteiger charge is -2.44. The number of carbonyl (C=O) groups excluding carboxylic acids is 5. The lowest BCUT2D eigenvalue weighted by atomic mass is 9.85. The number of H-pyrrole nitrogens is 1. The molecule has 4 aromatic rings. The number of piperazine rings is 1. The largest absolute Gasteiger partial charge is 0.417 e. The molecule has 0 bridgehead atoms. The minimum atomic E-state index is -5.00. The summed E-state index contributed by atoms with van der Waals surface area (Å²) in [6.07, 6.45) is -3.07. The lowest BCUT2D eigenvalue weighted by Crippen LogP contribution is -2.57. The van der Waals surface area contributed by atoms with Crippen molar-refractivity contribution in [1.29, 1.82) is 0 Å². The number of likely N-dealkylation sites (N-methyl/N-ethyl adjacent to an activating group) is 1. The first kappa shape index (κ1) is 64.9. The predicted molar refractivity (Wildman–Crippen MR) is 309 cm³/mol. The second-order valence-electron chi connectivity index (χ2n) is 22.4. The van der Waals surface area contributed by atoms with Crippen LogP contribution in [0.3, 0.4) is 0 Å². The van der Waals surface area contributed by atoms with Crippen molar-refractivity contribution < 1.29 is 65.6 Å². The Morgan fingerprint density at radius 2 is 1.51 bits per heavy atom. The van der Waals surface area contributed by atoms with Crippen LogP contribution in [0.2, 0.25) is 0 Å². The van der Waals surface area contributed by atoms with E-state index in [4.69, 9.17) is 18.9 Å². The van der Waals surface area contributed by atoms with Crippen LogP contribution in [-0.2, 0) is 50.8 Å². The van der Waals surface area contributed by atoms with Gasteiger partial charge in [-0.25, -0.2) is 9.37 Å². The molecule has 458 valence electrons. The first-order chi connectivity index (χ1) is 39.9. The highest BCUT2D eigenvalue weighted by Gasteiger charge is 2.45. The van der Waals surface area contributed by atoms with Gasteiger partial charge in [-0.2, -0.15) is 13.2 Å². The zero-order valence-electron chi connectivity index (χ0n) is 48.6. The number of aliphatic hydroxyl groups excluding tert-OH is 1. The Morgan fingerprint density at radius 1 is 0.881 bits per heavy atom. The summed E-state index contributed by atoms with van der Waals surface area (Å²) < 4.78 is 80.3. The molecule has 5 N–H and O–H groups in total. The minimum Gasteiger partial charge on any atom is -0.391 e. The van der Waals surface area contributed by atoms with Crippen molar-refractivity contribution in [3.8, 4) is 10.4 Å². The molecule has 0 spiro atoms. The van der Waals surface area contributed by atoms with Crippen LogP contribution in [-0.4, -0.2) is 182 Å². The van der Waals surface area contributed by atoms with Gasteiger partial charge >= 0.3 is 6.18 Å². The van der Waals surface area contributed by atoms with Gasteiger partial charge in [-0.1, -0.05) is 51.1 Å². The maximum absolute atomic E-state index is 16.1. The number of nitrogens with zero attached hydrogens (tertiary/aromatic N) is 5. The van der Waals surface area contributed by atoms with Gasteiger partial charge in [-0.05, 0) is 68.5 Å². The third-order valence-electron chi connectivity index (χ3n) is 15.2. The van der Waals surface area contributed by atoms with Crippen molar-refractivity contribution in [3.05, 3.63) is 104 Å². The van der Waals surface area contributed by atoms with Gasteiger partial charge in [0.2, 0.25) is 29.2 Å². The zero-order valence-corrected chi connectivity index (χ0v) is 49.4. The molecular weight excluding hydrogens is 1120 g/mol. The van der Waals surface area contributed by atoms with Crippen LogP contribution >= 0.6 is 11.3 Å². The van der Waals surface area contributed by atoms with Crippen molar-refractivity contribution in [2.24, 2.45) is 5.41 Å². The van der Waals surface area contributed by atoms with E-state index in [-0.39, 0.29) is 134 Å². The van der Waals surface area contributed by atoms with Crippen molar-refractivity contribution in [3.63, 3.8) is 0 Å². The average molecular weight is 1200 g/mol. The number of likely N-dealkylation sites (tertiary alicyclic amines) is 1. The molecule has 2 aromatic heterocycles. The smallest absolute Gasteiger partial charge is 0.391 e.